The second kappa shape index (κ2) is 5.91. The van der Waals surface area contributed by atoms with Crippen LogP contribution in [0.3, 0.4) is 0 Å². The Morgan fingerprint density at radius 3 is 0.864 bits per heavy atom. The fourth-order valence-corrected chi connectivity index (χ4v) is 0.859. The van der Waals surface area contributed by atoms with Gasteiger partial charge in [0, 0.05) is 0 Å². The SMILES string of the molecule is O=C(OC(C(F)(F)F)C(F)(F)F)OC(C(F)(F)F)C(F)(F)F. The van der Waals surface area contributed by atoms with Gasteiger partial charge in [0.1, 0.15) is 0 Å². The van der Waals surface area contributed by atoms with Gasteiger partial charge in [0.2, 0.25) is 0 Å². The number of rotatable bonds is 2. The van der Waals surface area contributed by atoms with Crippen LogP contribution in [-0.4, -0.2) is 43.1 Å². The van der Waals surface area contributed by atoms with E-state index in [4.69, 9.17) is 0 Å². The molecule has 0 aliphatic rings. The Bertz CT molecular complexity index is 323. The van der Waals surface area contributed by atoms with E-state index in [0.29, 0.717) is 0 Å². The molecule has 0 spiro atoms. The minimum absolute atomic E-state index is 2.49. The predicted molar refractivity (Wildman–Crippen MR) is 39.4 cm³/mol. The van der Waals surface area contributed by atoms with E-state index in [-0.39, 0.29) is 0 Å². The van der Waals surface area contributed by atoms with Crippen LogP contribution in [0, 0.1) is 0 Å². The van der Waals surface area contributed by atoms with Crippen molar-refractivity contribution in [3.05, 3.63) is 0 Å². The van der Waals surface area contributed by atoms with Crippen LogP contribution in [0.15, 0.2) is 0 Å². The van der Waals surface area contributed by atoms with Gasteiger partial charge in [-0.15, -0.1) is 0 Å². The van der Waals surface area contributed by atoms with E-state index in [0.717, 1.165) is 0 Å². The fourth-order valence-electron chi connectivity index (χ4n) is 0.859. The molecule has 0 saturated carbocycles. The minimum Gasteiger partial charge on any atom is -0.411 e. The fraction of sp³-hybridized carbons (Fsp3) is 0.857. The molecule has 0 aliphatic carbocycles. The van der Waals surface area contributed by atoms with Gasteiger partial charge in [0.05, 0.1) is 0 Å². The Morgan fingerprint density at radius 2 is 0.727 bits per heavy atom. The van der Waals surface area contributed by atoms with Gasteiger partial charge >= 0.3 is 30.9 Å². The average Bonchev–Trinajstić information content (AvgIpc) is 2.15. The molecule has 0 bridgehead atoms. The van der Waals surface area contributed by atoms with E-state index in [2.05, 4.69) is 9.47 Å². The summed E-state index contributed by atoms with van der Waals surface area (Å²) < 4.78 is 148. The molecule has 0 aliphatic heterocycles. The Balaban J connectivity index is 5.20. The average molecular weight is 362 g/mol. The molecule has 0 atom stereocenters. The van der Waals surface area contributed by atoms with Gasteiger partial charge in [-0.3, -0.25) is 0 Å². The molecular weight excluding hydrogens is 360 g/mol. The monoisotopic (exact) mass is 362 g/mol. The summed E-state index contributed by atoms with van der Waals surface area (Å²) in [5, 5.41) is 0. The van der Waals surface area contributed by atoms with Crippen molar-refractivity contribution in [2.75, 3.05) is 0 Å². The lowest BCUT2D eigenvalue weighted by Crippen LogP contribution is -2.49. The zero-order chi connectivity index (χ0) is 18.1. The van der Waals surface area contributed by atoms with Crippen molar-refractivity contribution in [1.82, 2.24) is 0 Å². The Labute approximate surface area is 111 Å². The van der Waals surface area contributed by atoms with Crippen LogP contribution in [-0.2, 0) is 9.47 Å². The molecule has 0 amide bonds. The predicted octanol–water partition coefficient (Wildman–Crippen LogP) is 4.13. The van der Waals surface area contributed by atoms with Gasteiger partial charge < -0.3 is 9.47 Å². The lowest BCUT2D eigenvalue weighted by atomic mass is 10.3. The Hall–Kier alpha value is -1.57. The minimum atomic E-state index is -6.33. The Morgan fingerprint density at radius 1 is 0.545 bits per heavy atom. The maximum atomic E-state index is 11.9. The first kappa shape index (κ1) is 20.4. The number of ether oxygens (including phenoxy) is 2. The van der Waals surface area contributed by atoms with Crippen LogP contribution in [0.2, 0.25) is 0 Å². The first-order chi connectivity index (χ1) is 9.37. The third kappa shape index (κ3) is 6.05. The van der Waals surface area contributed by atoms with E-state index in [1.165, 1.54) is 0 Å². The second-order valence-corrected chi connectivity index (χ2v) is 3.41. The number of hydrogen-bond donors (Lipinski definition) is 0. The lowest BCUT2D eigenvalue weighted by Gasteiger charge is -2.25. The van der Waals surface area contributed by atoms with Gasteiger partial charge in [-0.2, -0.15) is 52.7 Å². The van der Waals surface area contributed by atoms with Crippen molar-refractivity contribution >= 4 is 6.16 Å². The van der Waals surface area contributed by atoms with Crippen LogP contribution in [0.4, 0.5) is 57.5 Å². The highest BCUT2D eigenvalue weighted by atomic mass is 19.4. The van der Waals surface area contributed by atoms with Crippen LogP contribution in [0.1, 0.15) is 0 Å². The normalized spacial score (nSPS) is 14.5. The van der Waals surface area contributed by atoms with E-state index in [9.17, 15) is 57.5 Å². The largest absolute Gasteiger partial charge is 0.510 e. The highest BCUT2D eigenvalue weighted by Gasteiger charge is 2.63. The molecule has 0 saturated heterocycles. The molecule has 22 heavy (non-hydrogen) atoms. The molecular formula is C7H2F12O3. The highest BCUT2D eigenvalue weighted by molar-refractivity contribution is 5.60. The molecule has 0 heterocycles. The molecule has 0 fully saturated rings. The number of halogens is 12. The van der Waals surface area contributed by atoms with E-state index in [1.54, 1.807) is 0 Å². The first-order valence-corrected chi connectivity index (χ1v) is 4.51. The first-order valence-electron chi connectivity index (χ1n) is 4.51. The second-order valence-electron chi connectivity index (χ2n) is 3.41. The Kier molecular flexibility index (Phi) is 5.48. The van der Waals surface area contributed by atoms with Crippen molar-refractivity contribution < 1.29 is 67.0 Å². The quantitative estimate of drug-likeness (QED) is 0.548. The number of hydrogen-bond acceptors (Lipinski definition) is 3. The van der Waals surface area contributed by atoms with Crippen molar-refractivity contribution in [1.29, 1.82) is 0 Å². The van der Waals surface area contributed by atoms with Crippen molar-refractivity contribution in [3.8, 4) is 0 Å². The molecule has 0 unspecified atom stereocenters. The van der Waals surface area contributed by atoms with Crippen molar-refractivity contribution in [2.45, 2.75) is 36.9 Å². The number of carbonyl (C=O) groups excluding carboxylic acids is 1. The van der Waals surface area contributed by atoms with Crippen molar-refractivity contribution in [2.24, 2.45) is 0 Å². The van der Waals surface area contributed by atoms with Gasteiger partial charge in [-0.05, 0) is 0 Å². The van der Waals surface area contributed by atoms with Crippen LogP contribution < -0.4 is 0 Å². The summed E-state index contributed by atoms with van der Waals surface area (Å²) in [7, 11) is 0. The molecule has 0 aromatic heterocycles. The smallest absolute Gasteiger partial charge is 0.411 e. The summed E-state index contributed by atoms with van der Waals surface area (Å²) in [4.78, 5) is 10.4. The highest BCUT2D eigenvalue weighted by Crippen LogP contribution is 2.38. The molecule has 0 rings (SSSR count). The maximum absolute atomic E-state index is 11.9. The molecule has 0 N–H and O–H groups in total. The van der Waals surface area contributed by atoms with E-state index in [1.807, 2.05) is 0 Å². The van der Waals surface area contributed by atoms with E-state index < -0.39 is 43.1 Å². The summed E-state index contributed by atoms with van der Waals surface area (Å²) in [5.41, 5.74) is 0. The third-order valence-electron chi connectivity index (χ3n) is 1.62. The summed E-state index contributed by atoms with van der Waals surface area (Å²) in [5.74, 6) is 0. The number of alkyl halides is 12. The van der Waals surface area contributed by atoms with Gasteiger partial charge in [-0.25, -0.2) is 4.79 Å². The molecule has 3 nitrogen and oxygen atoms in total. The summed E-state index contributed by atoms with van der Waals surface area (Å²) >= 11 is 0. The molecule has 0 aromatic rings. The van der Waals surface area contributed by atoms with E-state index >= 15 is 0 Å². The van der Waals surface area contributed by atoms with Crippen LogP contribution in [0.25, 0.3) is 0 Å². The number of carbonyl (C=O) groups is 1. The molecule has 0 aromatic carbocycles. The topological polar surface area (TPSA) is 35.5 Å². The summed E-state index contributed by atoms with van der Waals surface area (Å²) in [6, 6.07) is 0. The summed E-state index contributed by atoms with van der Waals surface area (Å²) in [6.45, 7) is 0. The summed E-state index contributed by atoms with van der Waals surface area (Å²) in [6.07, 6.45) is -38.7. The molecule has 0 radical (unpaired) electrons. The van der Waals surface area contributed by atoms with Crippen molar-refractivity contribution in [3.63, 3.8) is 0 Å². The van der Waals surface area contributed by atoms with Gasteiger partial charge in [0.25, 0.3) is 12.2 Å². The van der Waals surface area contributed by atoms with Crippen LogP contribution >= 0.6 is 0 Å². The molecule has 132 valence electrons. The zero-order valence-corrected chi connectivity index (χ0v) is 9.42. The zero-order valence-electron chi connectivity index (χ0n) is 9.42. The maximum Gasteiger partial charge on any atom is 0.510 e. The van der Waals surface area contributed by atoms with Gasteiger partial charge in [-0.1, -0.05) is 0 Å². The van der Waals surface area contributed by atoms with Crippen LogP contribution in [0.5, 0.6) is 0 Å². The lowest BCUT2D eigenvalue weighted by molar-refractivity contribution is -0.328. The van der Waals surface area contributed by atoms with Gasteiger partial charge in [0.15, 0.2) is 0 Å². The standard InChI is InChI=1S/C7H2F12O3/c8-4(9,10)1(5(11,12)13)21-3(20)22-2(6(14,15)16)7(17,18)19/h1-2H. The molecule has 15 heteroatoms. The third-order valence-corrected chi connectivity index (χ3v) is 1.62.